The monoisotopic (exact) mass is 431 g/mol. The van der Waals surface area contributed by atoms with Gasteiger partial charge in [0.1, 0.15) is 5.39 Å². The third-order valence-corrected chi connectivity index (χ3v) is 6.26. The van der Waals surface area contributed by atoms with Gasteiger partial charge in [0.05, 0.1) is 17.6 Å². The summed E-state index contributed by atoms with van der Waals surface area (Å²) in [6, 6.07) is 15.9. The van der Waals surface area contributed by atoms with E-state index in [1.807, 2.05) is 54.3 Å². The number of nitrogens with one attached hydrogen (secondary N) is 1. The number of benzene rings is 2. The summed E-state index contributed by atoms with van der Waals surface area (Å²) in [5.74, 6) is 0.202. The summed E-state index contributed by atoms with van der Waals surface area (Å²) in [5, 5.41) is 5.18. The average Bonchev–Trinajstić information content (AvgIpc) is 3.22. The number of aromatic amines is 1. The minimum atomic E-state index is -0.262. The van der Waals surface area contributed by atoms with Gasteiger partial charge >= 0.3 is 0 Å². The average molecular weight is 432 g/mol. The smallest absolute Gasteiger partial charge is 0.262 e. The number of nitrogens with zero attached hydrogens (tertiary/aromatic N) is 4. The van der Waals surface area contributed by atoms with Gasteiger partial charge in [0.15, 0.2) is 10.8 Å². The van der Waals surface area contributed by atoms with Crippen molar-refractivity contribution >= 4 is 34.4 Å². The third kappa shape index (κ3) is 3.74. The number of fused-ring (bicyclic) bond motifs is 2. The van der Waals surface area contributed by atoms with Crippen LogP contribution in [0.2, 0.25) is 0 Å². The van der Waals surface area contributed by atoms with Crippen LogP contribution < -0.4 is 10.5 Å². The highest BCUT2D eigenvalue weighted by molar-refractivity contribution is 7.99. The van der Waals surface area contributed by atoms with Crippen LogP contribution in [0.3, 0.4) is 0 Å². The molecule has 7 nitrogen and oxygen atoms in total. The number of amides is 1. The van der Waals surface area contributed by atoms with Crippen molar-refractivity contribution in [2.75, 3.05) is 17.2 Å². The van der Waals surface area contributed by atoms with Crippen molar-refractivity contribution in [3.63, 3.8) is 0 Å². The first-order valence-corrected chi connectivity index (χ1v) is 11.1. The predicted molar refractivity (Wildman–Crippen MR) is 122 cm³/mol. The van der Waals surface area contributed by atoms with Crippen LogP contribution in [0.1, 0.15) is 17.5 Å². The summed E-state index contributed by atoms with van der Waals surface area (Å²) in [4.78, 5) is 34.7. The van der Waals surface area contributed by atoms with Crippen LogP contribution in [0.5, 0.6) is 0 Å². The lowest BCUT2D eigenvalue weighted by atomic mass is 10.0. The number of hydrogen-bond donors (Lipinski definition) is 1. The second-order valence-corrected chi connectivity index (χ2v) is 8.53. The zero-order valence-corrected chi connectivity index (χ0v) is 17.9. The molecular formula is C23H21N5O2S. The zero-order chi connectivity index (χ0) is 21.4. The predicted octanol–water partition coefficient (Wildman–Crippen LogP) is 3.49. The molecule has 8 heteroatoms. The summed E-state index contributed by atoms with van der Waals surface area (Å²) in [5.41, 5.74) is 4.32. The van der Waals surface area contributed by atoms with Crippen LogP contribution >= 0.6 is 11.8 Å². The van der Waals surface area contributed by atoms with E-state index in [0.29, 0.717) is 22.7 Å². The third-order valence-electron chi connectivity index (χ3n) is 5.41. The number of thioether (sulfide) groups is 1. The zero-order valence-electron chi connectivity index (χ0n) is 17.0. The molecule has 2 aromatic heterocycles. The molecule has 31 heavy (non-hydrogen) atoms. The summed E-state index contributed by atoms with van der Waals surface area (Å²) in [6.45, 7) is 2.71. The number of carbonyl (C=O) groups excluding carboxylic acids is 1. The van der Waals surface area contributed by atoms with Crippen LogP contribution in [0, 0.1) is 6.92 Å². The lowest BCUT2D eigenvalue weighted by molar-refractivity contribution is -0.116. The molecule has 3 heterocycles. The first-order valence-electron chi connectivity index (χ1n) is 10.2. The molecule has 0 unspecified atom stereocenters. The normalized spacial score (nSPS) is 13.4. The van der Waals surface area contributed by atoms with Gasteiger partial charge in [0.25, 0.3) is 5.56 Å². The topological polar surface area (TPSA) is 83.9 Å². The lowest BCUT2D eigenvalue weighted by Crippen LogP contribution is -2.36. The fraction of sp³-hybridized carbons (Fsp3) is 0.217. The molecule has 0 spiro atoms. The van der Waals surface area contributed by atoms with Gasteiger partial charge in [-0.1, -0.05) is 42.1 Å². The van der Waals surface area contributed by atoms with E-state index in [2.05, 4.69) is 21.1 Å². The van der Waals surface area contributed by atoms with E-state index in [9.17, 15) is 9.59 Å². The number of para-hydroxylation sites is 1. The Kier molecular flexibility index (Phi) is 5.07. The van der Waals surface area contributed by atoms with Gasteiger partial charge in [-0.2, -0.15) is 5.10 Å². The molecule has 1 aliphatic rings. The molecule has 0 aliphatic carbocycles. The quantitative estimate of drug-likeness (QED) is 0.395. The van der Waals surface area contributed by atoms with Gasteiger partial charge in [0, 0.05) is 12.2 Å². The molecule has 0 saturated heterocycles. The molecule has 1 N–H and O–H groups in total. The van der Waals surface area contributed by atoms with Gasteiger partial charge in [-0.3, -0.25) is 9.59 Å². The number of anilines is 1. The number of aromatic nitrogens is 4. The molecule has 1 amide bonds. The summed E-state index contributed by atoms with van der Waals surface area (Å²) in [7, 11) is 0. The van der Waals surface area contributed by atoms with Gasteiger partial charge in [-0.25, -0.2) is 9.67 Å². The van der Waals surface area contributed by atoms with Crippen molar-refractivity contribution < 1.29 is 4.79 Å². The number of carbonyl (C=O) groups is 1. The Hall–Kier alpha value is -3.39. The second-order valence-electron chi connectivity index (χ2n) is 7.57. The Balaban J connectivity index is 1.41. The fourth-order valence-corrected chi connectivity index (χ4v) is 4.65. The van der Waals surface area contributed by atoms with Crippen LogP contribution in [0.25, 0.3) is 16.7 Å². The molecule has 2 aromatic carbocycles. The van der Waals surface area contributed by atoms with Crippen molar-refractivity contribution in [2.45, 2.75) is 24.9 Å². The Labute approximate surface area is 183 Å². The van der Waals surface area contributed by atoms with Crippen molar-refractivity contribution in [2.24, 2.45) is 0 Å². The number of hydrogen-bond acceptors (Lipinski definition) is 5. The minimum absolute atomic E-state index is 0.00656. The SMILES string of the molecule is Cc1cccc(-n2ncc3c(=O)[nH]c(SCC(=O)N4CCCc5ccccc54)nc32)c1. The summed E-state index contributed by atoms with van der Waals surface area (Å²) in [6.07, 6.45) is 3.46. The summed E-state index contributed by atoms with van der Waals surface area (Å²) < 4.78 is 1.66. The number of H-pyrrole nitrogens is 1. The number of rotatable bonds is 4. The van der Waals surface area contributed by atoms with Crippen molar-refractivity contribution in [1.29, 1.82) is 0 Å². The highest BCUT2D eigenvalue weighted by Crippen LogP contribution is 2.28. The summed E-state index contributed by atoms with van der Waals surface area (Å²) >= 11 is 1.24. The van der Waals surface area contributed by atoms with Gasteiger partial charge in [-0.05, 0) is 49.1 Å². The Bertz CT molecular complexity index is 1340. The minimum Gasteiger partial charge on any atom is -0.311 e. The highest BCUT2D eigenvalue weighted by Gasteiger charge is 2.22. The molecule has 0 saturated carbocycles. The molecule has 4 aromatic rings. The molecule has 0 radical (unpaired) electrons. The van der Waals surface area contributed by atoms with Crippen molar-refractivity contribution in [3.05, 3.63) is 76.2 Å². The second kappa shape index (κ2) is 8.03. The molecule has 0 atom stereocenters. The first kappa shape index (κ1) is 19.6. The van der Waals surface area contributed by atoms with Crippen LogP contribution in [0.15, 0.2) is 64.7 Å². The largest absolute Gasteiger partial charge is 0.311 e. The van der Waals surface area contributed by atoms with E-state index >= 15 is 0 Å². The molecule has 0 bridgehead atoms. The van der Waals surface area contributed by atoms with E-state index in [1.165, 1.54) is 23.5 Å². The molecule has 5 rings (SSSR count). The Morgan fingerprint density at radius 2 is 2.06 bits per heavy atom. The highest BCUT2D eigenvalue weighted by atomic mass is 32.2. The van der Waals surface area contributed by atoms with Gasteiger partial charge in [0.2, 0.25) is 5.91 Å². The number of aryl methyl sites for hydroxylation is 2. The van der Waals surface area contributed by atoms with E-state index in [-0.39, 0.29) is 17.2 Å². The van der Waals surface area contributed by atoms with Gasteiger partial charge in [-0.15, -0.1) is 0 Å². The maximum Gasteiger partial charge on any atom is 0.262 e. The maximum absolute atomic E-state index is 12.9. The first-order chi connectivity index (χ1) is 15.1. The van der Waals surface area contributed by atoms with E-state index < -0.39 is 0 Å². The van der Waals surface area contributed by atoms with Gasteiger partial charge < -0.3 is 9.88 Å². The molecule has 156 valence electrons. The van der Waals surface area contributed by atoms with Crippen molar-refractivity contribution in [1.82, 2.24) is 19.7 Å². The Morgan fingerprint density at radius 3 is 2.94 bits per heavy atom. The Morgan fingerprint density at radius 1 is 1.19 bits per heavy atom. The standard InChI is InChI=1S/C23H21N5O2S/c1-15-6-4-9-17(12-15)28-21-18(13-24-28)22(30)26-23(25-21)31-14-20(29)27-11-5-8-16-7-2-3-10-19(16)27/h2-4,6-7,9-10,12-13H,5,8,11,14H2,1H3,(H,25,26,30). The molecule has 1 aliphatic heterocycles. The molecular weight excluding hydrogens is 410 g/mol. The van der Waals surface area contributed by atoms with Crippen LogP contribution in [-0.2, 0) is 11.2 Å². The fourth-order valence-electron chi connectivity index (χ4n) is 3.92. The van der Waals surface area contributed by atoms with Crippen molar-refractivity contribution in [3.8, 4) is 5.69 Å². The lowest BCUT2D eigenvalue weighted by Gasteiger charge is -2.29. The van der Waals surface area contributed by atoms with E-state index in [0.717, 1.165) is 29.8 Å². The van der Waals surface area contributed by atoms with Crippen LogP contribution in [0.4, 0.5) is 5.69 Å². The maximum atomic E-state index is 12.9. The van der Waals surface area contributed by atoms with E-state index in [4.69, 9.17) is 0 Å². The molecule has 0 fully saturated rings. The van der Waals surface area contributed by atoms with Crippen LogP contribution in [-0.4, -0.2) is 38.0 Å². The van der Waals surface area contributed by atoms with E-state index in [1.54, 1.807) is 4.68 Å².